The molecule has 2 rings (SSSR count). The highest BCUT2D eigenvalue weighted by Crippen LogP contribution is 2.28. The molecule has 1 aliphatic carbocycles. The normalized spacial score (nSPS) is 22.7. The van der Waals surface area contributed by atoms with E-state index >= 15 is 0 Å². The minimum Gasteiger partial charge on any atom is -0.461 e. The van der Waals surface area contributed by atoms with Gasteiger partial charge in [0.1, 0.15) is 16.9 Å². The summed E-state index contributed by atoms with van der Waals surface area (Å²) in [6.07, 6.45) is 3.81. The topological polar surface area (TPSA) is 63.7 Å². The second-order valence-corrected chi connectivity index (χ2v) is 9.69. The van der Waals surface area contributed by atoms with Crippen LogP contribution in [0.15, 0.2) is 16.3 Å². The van der Waals surface area contributed by atoms with Crippen LogP contribution in [0.2, 0.25) is 4.34 Å². The van der Waals surface area contributed by atoms with Gasteiger partial charge in [-0.25, -0.2) is 8.42 Å². The number of thiophene rings is 1. The molecular weight excluding hydrogens is 346 g/mol. The Kier molecular flexibility index (Phi) is 5.87. The van der Waals surface area contributed by atoms with Crippen molar-refractivity contribution >= 4 is 38.9 Å². The van der Waals surface area contributed by atoms with Crippen LogP contribution in [0.5, 0.6) is 0 Å². The van der Waals surface area contributed by atoms with Crippen LogP contribution < -0.4 is 0 Å². The van der Waals surface area contributed by atoms with E-state index in [1.165, 1.54) is 19.2 Å². The molecule has 5 nitrogen and oxygen atoms in total. The van der Waals surface area contributed by atoms with Gasteiger partial charge in [-0.2, -0.15) is 4.31 Å². The maximum atomic E-state index is 12.3. The van der Waals surface area contributed by atoms with Gasteiger partial charge in [-0.1, -0.05) is 24.9 Å². The summed E-state index contributed by atoms with van der Waals surface area (Å²) in [6.45, 7) is 1.85. The molecule has 0 saturated heterocycles. The van der Waals surface area contributed by atoms with Gasteiger partial charge in [0.25, 0.3) is 10.0 Å². The number of ether oxygens (including phenoxy) is 1. The van der Waals surface area contributed by atoms with E-state index in [4.69, 9.17) is 16.3 Å². The second kappa shape index (κ2) is 7.29. The average Bonchev–Trinajstić information content (AvgIpc) is 2.85. The van der Waals surface area contributed by atoms with E-state index in [0.717, 1.165) is 41.3 Å². The first kappa shape index (κ1) is 17.7. The summed E-state index contributed by atoms with van der Waals surface area (Å²) < 4.78 is 31.5. The van der Waals surface area contributed by atoms with Crippen molar-refractivity contribution in [3.8, 4) is 0 Å². The fourth-order valence-corrected chi connectivity index (χ4v) is 5.37. The number of esters is 1. The van der Waals surface area contributed by atoms with E-state index in [-0.39, 0.29) is 16.9 Å². The molecule has 8 heteroatoms. The average molecular weight is 366 g/mol. The van der Waals surface area contributed by atoms with E-state index in [0.29, 0.717) is 10.3 Å². The molecule has 1 fully saturated rings. The lowest BCUT2D eigenvalue weighted by molar-refractivity contribution is -0.151. The number of carbonyl (C=O) groups excluding carboxylic acids is 1. The molecule has 1 heterocycles. The minimum absolute atomic E-state index is 0.0939. The Morgan fingerprint density at radius 1 is 1.45 bits per heavy atom. The number of rotatable bonds is 5. The smallest absolute Gasteiger partial charge is 0.321 e. The lowest BCUT2D eigenvalue weighted by atomic mass is 9.89. The zero-order valence-corrected chi connectivity index (χ0v) is 15.0. The summed E-state index contributed by atoms with van der Waals surface area (Å²) in [6, 6.07) is 2.96. The van der Waals surface area contributed by atoms with E-state index in [2.05, 4.69) is 6.92 Å². The molecule has 0 aromatic carbocycles. The number of hydrogen-bond acceptors (Lipinski definition) is 5. The van der Waals surface area contributed by atoms with Gasteiger partial charge in [-0.3, -0.25) is 4.79 Å². The highest BCUT2D eigenvalue weighted by Gasteiger charge is 2.27. The van der Waals surface area contributed by atoms with Crippen molar-refractivity contribution < 1.29 is 17.9 Å². The monoisotopic (exact) mass is 365 g/mol. The zero-order chi connectivity index (χ0) is 16.3. The van der Waals surface area contributed by atoms with Crippen LogP contribution in [0.1, 0.15) is 32.6 Å². The maximum absolute atomic E-state index is 12.3. The summed E-state index contributed by atoms with van der Waals surface area (Å²) in [5, 5.41) is 0. The van der Waals surface area contributed by atoms with Crippen LogP contribution in [-0.4, -0.2) is 38.4 Å². The largest absolute Gasteiger partial charge is 0.461 e. The molecular formula is C14H20ClNO4S2. The molecule has 0 bridgehead atoms. The Hall–Kier alpha value is -0.630. The summed E-state index contributed by atoms with van der Waals surface area (Å²) in [7, 11) is -2.33. The molecule has 1 aromatic heterocycles. The van der Waals surface area contributed by atoms with Gasteiger partial charge >= 0.3 is 5.97 Å². The fourth-order valence-electron chi connectivity index (χ4n) is 2.57. The highest BCUT2D eigenvalue weighted by atomic mass is 35.5. The number of hydrogen-bond donors (Lipinski definition) is 0. The number of nitrogens with zero attached hydrogens (tertiary/aromatic N) is 1. The van der Waals surface area contributed by atoms with E-state index in [1.807, 2.05) is 0 Å². The van der Waals surface area contributed by atoms with Crippen molar-refractivity contribution in [2.75, 3.05) is 13.6 Å². The quantitative estimate of drug-likeness (QED) is 0.752. The number of sulfonamides is 1. The number of carbonyl (C=O) groups is 1. The molecule has 1 saturated carbocycles. The lowest BCUT2D eigenvalue weighted by Gasteiger charge is -2.27. The molecule has 2 atom stereocenters. The van der Waals surface area contributed by atoms with Crippen LogP contribution in [0.4, 0.5) is 0 Å². The zero-order valence-electron chi connectivity index (χ0n) is 12.6. The summed E-state index contributed by atoms with van der Waals surface area (Å²) >= 11 is 6.73. The second-order valence-electron chi connectivity index (χ2n) is 5.70. The Morgan fingerprint density at radius 3 is 2.77 bits per heavy atom. The van der Waals surface area contributed by atoms with Gasteiger partial charge in [-0.05, 0) is 37.3 Å². The first-order valence-electron chi connectivity index (χ1n) is 7.20. The van der Waals surface area contributed by atoms with Crippen molar-refractivity contribution in [2.45, 2.75) is 42.9 Å². The van der Waals surface area contributed by atoms with Gasteiger partial charge in [0.15, 0.2) is 0 Å². The van der Waals surface area contributed by atoms with E-state index < -0.39 is 16.0 Å². The first-order chi connectivity index (χ1) is 10.3. The Labute approximate surface area is 140 Å². The van der Waals surface area contributed by atoms with Gasteiger partial charge < -0.3 is 4.74 Å². The van der Waals surface area contributed by atoms with Crippen molar-refractivity contribution in [1.29, 1.82) is 0 Å². The lowest BCUT2D eigenvalue weighted by Crippen LogP contribution is -2.35. The van der Waals surface area contributed by atoms with Crippen molar-refractivity contribution in [2.24, 2.45) is 5.92 Å². The minimum atomic E-state index is -3.70. The molecule has 0 aliphatic heterocycles. The maximum Gasteiger partial charge on any atom is 0.321 e. The van der Waals surface area contributed by atoms with Crippen LogP contribution >= 0.6 is 22.9 Å². The molecule has 124 valence electrons. The Morgan fingerprint density at radius 2 is 2.18 bits per heavy atom. The predicted molar refractivity (Wildman–Crippen MR) is 86.7 cm³/mol. The summed E-state index contributed by atoms with van der Waals surface area (Å²) in [5.74, 6) is 0.0362. The fraction of sp³-hybridized carbons (Fsp3) is 0.643. The van der Waals surface area contributed by atoms with Crippen molar-refractivity contribution in [1.82, 2.24) is 4.31 Å². The highest BCUT2D eigenvalue weighted by molar-refractivity contribution is 7.91. The number of halogens is 1. The van der Waals surface area contributed by atoms with Crippen LogP contribution in [0, 0.1) is 5.92 Å². The van der Waals surface area contributed by atoms with Crippen molar-refractivity contribution in [3.05, 3.63) is 16.5 Å². The Balaban J connectivity index is 1.93. The molecule has 0 spiro atoms. The number of likely N-dealkylation sites (N-methyl/N-ethyl adjacent to an activating group) is 1. The van der Waals surface area contributed by atoms with Crippen LogP contribution in [0.3, 0.4) is 0 Å². The SMILES string of the molecule is CC1CCCC(OC(=O)CN(C)S(=O)(=O)c2ccc(Cl)s2)C1. The molecule has 1 aromatic rings. The molecule has 0 radical (unpaired) electrons. The van der Waals surface area contributed by atoms with Crippen LogP contribution in [0.25, 0.3) is 0 Å². The molecule has 0 amide bonds. The third-order valence-electron chi connectivity index (χ3n) is 3.75. The van der Waals surface area contributed by atoms with E-state index in [9.17, 15) is 13.2 Å². The van der Waals surface area contributed by atoms with Crippen LogP contribution in [-0.2, 0) is 19.6 Å². The standard InChI is InChI=1S/C14H20ClNO4S2/c1-10-4-3-5-11(8-10)20-13(17)9-16(2)22(18,19)14-7-6-12(15)21-14/h6-7,10-11H,3-5,8-9H2,1-2H3. The van der Waals surface area contributed by atoms with Gasteiger partial charge in [0, 0.05) is 7.05 Å². The molecule has 2 unspecified atom stereocenters. The van der Waals surface area contributed by atoms with Gasteiger partial charge in [0.05, 0.1) is 4.34 Å². The van der Waals surface area contributed by atoms with E-state index in [1.54, 1.807) is 0 Å². The van der Waals surface area contributed by atoms with Crippen molar-refractivity contribution in [3.63, 3.8) is 0 Å². The molecule has 22 heavy (non-hydrogen) atoms. The Bertz CT molecular complexity index is 629. The third-order valence-corrected chi connectivity index (χ3v) is 7.25. The molecule has 1 aliphatic rings. The molecule has 0 N–H and O–H groups in total. The van der Waals surface area contributed by atoms with Gasteiger partial charge in [0.2, 0.25) is 0 Å². The third kappa shape index (κ3) is 4.44. The summed E-state index contributed by atoms with van der Waals surface area (Å²) in [5.41, 5.74) is 0. The predicted octanol–water partition coefficient (Wildman–Crippen LogP) is 3.14. The first-order valence-corrected chi connectivity index (χ1v) is 9.83. The van der Waals surface area contributed by atoms with Gasteiger partial charge in [-0.15, -0.1) is 11.3 Å². The summed E-state index contributed by atoms with van der Waals surface area (Å²) in [4.78, 5) is 12.0.